The van der Waals surface area contributed by atoms with Gasteiger partial charge in [0.2, 0.25) is 15.9 Å². The van der Waals surface area contributed by atoms with Crippen LogP contribution in [-0.2, 0) is 14.8 Å². The Balaban J connectivity index is 1.64. The second-order valence-electron chi connectivity index (χ2n) is 5.73. The van der Waals surface area contributed by atoms with Crippen molar-refractivity contribution in [2.45, 2.75) is 18.7 Å². The van der Waals surface area contributed by atoms with Crippen LogP contribution in [0.1, 0.15) is 17.2 Å². The first-order valence-corrected chi connectivity index (χ1v) is 9.27. The molecule has 25 heavy (non-hydrogen) atoms. The summed E-state index contributed by atoms with van der Waals surface area (Å²) in [7, 11) is -3.67. The van der Waals surface area contributed by atoms with Gasteiger partial charge in [-0.05, 0) is 32.1 Å². The minimum Gasteiger partial charge on any atom is -0.465 e. The largest absolute Gasteiger partial charge is 0.465 e. The van der Waals surface area contributed by atoms with Crippen molar-refractivity contribution in [3.8, 4) is 0 Å². The molecule has 0 bridgehead atoms. The summed E-state index contributed by atoms with van der Waals surface area (Å²) >= 11 is 0. The van der Waals surface area contributed by atoms with Crippen molar-refractivity contribution >= 4 is 22.0 Å². The van der Waals surface area contributed by atoms with E-state index in [-0.39, 0.29) is 29.7 Å². The number of carbonyl (C=O) groups is 1. The van der Waals surface area contributed by atoms with Gasteiger partial charge in [0.05, 0.1) is 6.26 Å². The molecule has 1 saturated heterocycles. The molecule has 1 fully saturated rings. The third-order valence-corrected chi connectivity index (χ3v) is 6.19. The van der Waals surface area contributed by atoms with Crippen LogP contribution in [0.2, 0.25) is 0 Å². The number of hydrogen-bond donors (Lipinski definition) is 0. The first-order valence-electron chi connectivity index (χ1n) is 7.83. The Morgan fingerprint density at radius 1 is 1.24 bits per heavy atom. The summed E-state index contributed by atoms with van der Waals surface area (Å²) in [6, 6.07) is 3.49. The molecule has 0 atom stereocenters. The van der Waals surface area contributed by atoms with E-state index in [4.69, 9.17) is 8.94 Å². The Morgan fingerprint density at radius 3 is 2.52 bits per heavy atom. The summed E-state index contributed by atoms with van der Waals surface area (Å²) in [6.07, 6.45) is 4.55. The molecule has 0 spiro atoms. The number of furan rings is 1. The highest BCUT2D eigenvalue weighted by Crippen LogP contribution is 2.24. The van der Waals surface area contributed by atoms with Gasteiger partial charge in [0.25, 0.3) is 0 Å². The van der Waals surface area contributed by atoms with E-state index < -0.39 is 10.0 Å². The molecule has 1 amide bonds. The summed E-state index contributed by atoms with van der Waals surface area (Å²) < 4.78 is 36.9. The summed E-state index contributed by atoms with van der Waals surface area (Å²) in [6.45, 7) is 4.28. The second-order valence-corrected chi connectivity index (χ2v) is 7.61. The number of rotatable bonds is 4. The lowest BCUT2D eigenvalue weighted by Gasteiger charge is -2.33. The standard InChI is InChI=1S/C16H19N3O5S/c1-12-16(13(2)24-17-12)25(21,22)19-9-7-18(8-10-19)15(20)6-5-14-4-3-11-23-14/h3-6,11H,7-10H2,1-2H3/b6-5+. The van der Waals surface area contributed by atoms with E-state index in [1.54, 1.807) is 37.0 Å². The lowest BCUT2D eigenvalue weighted by molar-refractivity contribution is -0.127. The minimum atomic E-state index is -3.67. The molecular weight excluding hydrogens is 346 g/mol. The third kappa shape index (κ3) is 3.52. The van der Waals surface area contributed by atoms with E-state index in [0.717, 1.165) is 0 Å². The predicted octanol–water partition coefficient (Wildman–Crippen LogP) is 1.43. The number of amides is 1. The highest BCUT2D eigenvalue weighted by molar-refractivity contribution is 7.89. The zero-order valence-electron chi connectivity index (χ0n) is 14.0. The molecule has 0 N–H and O–H groups in total. The quantitative estimate of drug-likeness (QED) is 0.761. The van der Waals surface area contributed by atoms with Gasteiger partial charge in [-0.25, -0.2) is 8.42 Å². The monoisotopic (exact) mass is 365 g/mol. The maximum atomic E-state index is 12.7. The van der Waals surface area contributed by atoms with E-state index in [9.17, 15) is 13.2 Å². The van der Waals surface area contributed by atoms with Crippen LogP contribution in [-0.4, -0.2) is 54.9 Å². The number of carbonyl (C=O) groups excluding carboxylic acids is 1. The fourth-order valence-corrected chi connectivity index (χ4v) is 4.48. The number of aromatic nitrogens is 1. The zero-order chi connectivity index (χ0) is 18.0. The number of aryl methyl sites for hydroxylation is 2. The first-order chi connectivity index (χ1) is 11.9. The molecule has 0 saturated carbocycles. The fourth-order valence-electron chi connectivity index (χ4n) is 2.77. The normalized spacial score (nSPS) is 16.6. The average molecular weight is 365 g/mol. The Kier molecular flexibility index (Phi) is 4.78. The molecule has 3 rings (SSSR count). The van der Waals surface area contributed by atoms with Crippen molar-refractivity contribution in [1.82, 2.24) is 14.4 Å². The molecule has 0 aliphatic carbocycles. The lowest BCUT2D eigenvalue weighted by atomic mass is 10.3. The summed E-state index contributed by atoms with van der Waals surface area (Å²) in [5.74, 6) is 0.691. The van der Waals surface area contributed by atoms with Gasteiger partial charge in [0.15, 0.2) is 5.76 Å². The van der Waals surface area contributed by atoms with Gasteiger partial charge in [0, 0.05) is 32.3 Å². The molecule has 2 aromatic rings. The van der Waals surface area contributed by atoms with Gasteiger partial charge in [-0.3, -0.25) is 4.79 Å². The minimum absolute atomic E-state index is 0.116. The maximum Gasteiger partial charge on any atom is 0.248 e. The van der Waals surface area contributed by atoms with Crippen LogP contribution < -0.4 is 0 Å². The van der Waals surface area contributed by atoms with Crippen LogP contribution in [0.25, 0.3) is 6.08 Å². The highest BCUT2D eigenvalue weighted by Gasteiger charge is 2.33. The molecule has 2 aromatic heterocycles. The molecule has 8 nitrogen and oxygen atoms in total. The number of piperazine rings is 1. The molecule has 9 heteroatoms. The van der Waals surface area contributed by atoms with Crippen molar-refractivity contribution < 1.29 is 22.2 Å². The number of nitrogens with zero attached hydrogens (tertiary/aromatic N) is 3. The van der Waals surface area contributed by atoms with Gasteiger partial charge in [-0.2, -0.15) is 4.31 Å². The fraction of sp³-hybridized carbons (Fsp3) is 0.375. The second kappa shape index (κ2) is 6.85. The molecule has 0 unspecified atom stereocenters. The zero-order valence-corrected chi connectivity index (χ0v) is 14.8. The van der Waals surface area contributed by atoms with E-state index in [1.165, 1.54) is 16.6 Å². The Bertz CT molecular complexity index is 856. The molecule has 0 aromatic carbocycles. The van der Waals surface area contributed by atoms with Gasteiger partial charge >= 0.3 is 0 Å². The van der Waals surface area contributed by atoms with Gasteiger partial charge in [0.1, 0.15) is 16.3 Å². The Hall–Kier alpha value is -2.39. The molecule has 0 radical (unpaired) electrons. The van der Waals surface area contributed by atoms with E-state index in [0.29, 0.717) is 24.5 Å². The van der Waals surface area contributed by atoms with Crippen LogP contribution in [0.4, 0.5) is 0 Å². The molecule has 1 aliphatic heterocycles. The molecule has 134 valence electrons. The van der Waals surface area contributed by atoms with E-state index in [1.807, 2.05) is 0 Å². The van der Waals surface area contributed by atoms with Crippen LogP contribution in [0.15, 0.2) is 38.3 Å². The molecule has 3 heterocycles. The summed E-state index contributed by atoms with van der Waals surface area (Å²) in [4.78, 5) is 13.9. The molecule has 1 aliphatic rings. The van der Waals surface area contributed by atoms with Crippen LogP contribution >= 0.6 is 0 Å². The van der Waals surface area contributed by atoms with Crippen LogP contribution in [0.3, 0.4) is 0 Å². The van der Waals surface area contributed by atoms with Crippen molar-refractivity contribution in [1.29, 1.82) is 0 Å². The third-order valence-electron chi connectivity index (χ3n) is 4.05. The number of hydrogen-bond acceptors (Lipinski definition) is 6. The van der Waals surface area contributed by atoms with Crippen molar-refractivity contribution in [3.63, 3.8) is 0 Å². The van der Waals surface area contributed by atoms with Gasteiger partial charge < -0.3 is 13.8 Å². The van der Waals surface area contributed by atoms with Crippen LogP contribution in [0, 0.1) is 13.8 Å². The SMILES string of the molecule is Cc1noc(C)c1S(=O)(=O)N1CCN(C(=O)/C=C/c2ccco2)CC1. The lowest BCUT2D eigenvalue weighted by Crippen LogP contribution is -2.50. The summed E-state index contributed by atoms with van der Waals surface area (Å²) in [5.41, 5.74) is 0.345. The van der Waals surface area contributed by atoms with Crippen molar-refractivity contribution in [3.05, 3.63) is 41.7 Å². The Labute approximate surface area is 145 Å². The van der Waals surface area contributed by atoms with E-state index >= 15 is 0 Å². The average Bonchev–Trinajstić information content (AvgIpc) is 3.22. The number of sulfonamides is 1. The predicted molar refractivity (Wildman–Crippen MR) is 89.1 cm³/mol. The van der Waals surface area contributed by atoms with Crippen molar-refractivity contribution in [2.75, 3.05) is 26.2 Å². The Morgan fingerprint density at radius 2 is 1.96 bits per heavy atom. The maximum absolute atomic E-state index is 12.7. The van der Waals surface area contributed by atoms with Crippen LogP contribution in [0.5, 0.6) is 0 Å². The summed E-state index contributed by atoms with van der Waals surface area (Å²) in [5, 5.41) is 3.71. The highest BCUT2D eigenvalue weighted by atomic mass is 32.2. The topological polar surface area (TPSA) is 96.9 Å². The van der Waals surface area contributed by atoms with E-state index in [2.05, 4.69) is 5.16 Å². The van der Waals surface area contributed by atoms with Gasteiger partial charge in [-0.15, -0.1) is 0 Å². The van der Waals surface area contributed by atoms with Crippen molar-refractivity contribution in [2.24, 2.45) is 0 Å². The smallest absolute Gasteiger partial charge is 0.248 e. The first kappa shape index (κ1) is 17.4. The molecular formula is C16H19N3O5S. The van der Waals surface area contributed by atoms with Gasteiger partial charge in [-0.1, -0.05) is 5.16 Å².